The van der Waals surface area contributed by atoms with Crippen LogP contribution in [0, 0.1) is 6.92 Å². The molecule has 4 heteroatoms. The first-order valence-electron chi connectivity index (χ1n) is 11.3. The standard InChI is InChI=1S/C26H38BrNSi2/c1-18(2)30(19(3)4,20(5)6)28-24-16-15-21(7)17-23(24)25(26(28)27)29(8,9)22-13-11-10-12-14-22/h10-20H,1-9H3. The quantitative estimate of drug-likeness (QED) is 0.308. The minimum Gasteiger partial charge on any atom is -0.362 e. The molecule has 0 atom stereocenters. The second kappa shape index (κ2) is 8.44. The summed E-state index contributed by atoms with van der Waals surface area (Å²) in [5, 5.41) is 4.52. The van der Waals surface area contributed by atoms with Gasteiger partial charge in [0.1, 0.15) is 8.07 Å². The molecule has 30 heavy (non-hydrogen) atoms. The van der Waals surface area contributed by atoms with Gasteiger partial charge in [-0.3, -0.25) is 0 Å². The third kappa shape index (κ3) is 3.49. The highest BCUT2D eigenvalue weighted by Gasteiger charge is 2.48. The Hall–Kier alpha value is -1.11. The monoisotopic (exact) mass is 499 g/mol. The number of rotatable bonds is 6. The van der Waals surface area contributed by atoms with E-state index in [2.05, 4.69) is 130 Å². The molecule has 2 aromatic carbocycles. The van der Waals surface area contributed by atoms with E-state index in [-0.39, 0.29) is 0 Å². The van der Waals surface area contributed by atoms with Crippen LogP contribution in [0.2, 0.25) is 29.7 Å². The highest BCUT2D eigenvalue weighted by Crippen LogP contribution is 2.46. The van der Waals surface area contributed by atoms with Gasteiger partial charge in [-0.15, -0.1) is 0 Å². The average molecular weight is 501 g/mol. The molecule has 1 aromatic heterocycles. The van der Waals surface area contributed by atoms with E-state index in [0.717, 1.165) is 0 Å². The third-order valence-electron chi connectivity index (χ3n) is 7.35. The Morgan fingerprint density at radius 2 is 1.33 bits per heavy atom. The van der Waals surface area contributed by atoms with Crippen molar-refractivity contribution in [2.75, 3.05) is 0 Å². The summed E-state index contributed by atoms with van der Waals surface area (Å²) < 4.78 is 4.17. The molecule has 0 N–H and O–H groups in total. The van der Waals surface area contributed by atoms with E-state index in [1.54, 1.807) is 5.19 Å². The second-order valence-electron chi connectivity index (χ2n) is 10.4. The fourth-order valence-electron chi connectivity index (χ4n) is 6.12. The number of hydrogen-bond donors (Lipinski definition) is 0. The molecular formula is C26H38BrNSi2. The Kier molecular flexibility index (Phi) is 6.63. The molecular weight excluding hydrogens is 462 g/mol. The van der Waals surface area contributed by atoms with Crippen molar-refractivity contribution in [3.05, 3.63) is 58.7 Å². The van der Waals surface area contributed by atoms with Gasteiger partial charge < -0.3 is 4.23 Å². The molecule has 0 saturated carbocycles. The van der Waals surface area contributed by atoms with Gasteiger partial charge >= 0.3 is 0 Å². The number of hydrogen-bond acceptors (Lipinski definition) is 0. The fourth-order valence-corrected chi connectivity index (χ4v) is 18.5. The number of nitrogens with zero attached hydrogens (tertiary/aromatic N) is 1. The summed E-state index contributed by atoms with van der Waals surface area (Å²) in [5.74, 6) is 0. The van der Waals surface area contributed by atoms with Crippen molar-refractivity contribution in [3.8, 4) is 0 Å². The molecule has 0 saturated heterocycles. The van der Waals surface area contributed by atoms with Crippen LogP contribution < -0.4 is 10.4 Å². The average Bonchev–Trinajstić information content (AvgIpc) is 2.94. The maximum absolute atomic E-state index is 4.23. The van der Waals surface area contributed by atoms with E-state index < -0.39 is 16.3 Å². The van der Waals surface area contributed by atoms with Crippen LogP contribution in [-0.2, 0) is 0 Å². The van der Waals surface area contributed by atoms with Gasteiger partial charge in [0.15, 0.2) is 8.24 Å². The Morgan fingerprint density at radius 1 is 0.800 bits per heavy atom. The first kappa shape index (κ1) is 23.6. The van der Waals surface area contributed by atoms with Crippen LogP contribution in [-0.4, -0.2) is 20.5 Å². The molecule has 1 heterocycles. The number of halogens is 1. The molecule has 0 unspecified atom stereocenters. The minimum atomic E-state index is -1.90. The molecule has 3 aromatic rings. The molecule has 0 aliphatic rings. The largest absolute Gasteiger partial charge is 0.362 e. The lowest BCUT2D eigenvalue weighted by Crippen LogP contribution is -2.55. The zero-order valence-electron chi connectivity index (χ0n) is 20.2. The Labute approximate surface area is 194 Å². The second-order valence-corrected chi connectivity index (χ2v) is 21.1. The molecule has 0 radical (unpaired) electrons. The van der Waals surface area contributed by atoms with Crippen molar-refractivity contribution in [1.82, 2.24) is 4.23 Å². The lowest BCUT2D eigenvalue weighted by molar-refractivity contribution is 0.769. The number of benzene rings is 2. The molecule has 0 spiro atoms. The number of aryl methyl sites for hydroxylation is 1. The van der Waals surface area contributed by atoms with Crippen molar-refractivity contribution in [2.45, 2.75) is 78.2 Å². The van der Waals surface area contributed by atoms with E-state index in [1.165, 1.54) is 26.3 Å². The summed E-state index contributed by atoms with van der Waals surface area (Å²) in [5.41, 5.74) is 4.74. The van der Waals surface area contributed by atoms with E-state index in [4.69, 9.17) is 0 Å². The van der Waals surface area contributed by atoms with E-state index in [9.17, 15) is 0 Å². The summed E-state index contributed by atoms with van der Waals surface area (Å²) in [6.07, 6.45) is 0. The van der Waals surface area contributed by atoms with E-state index in [0.29, 0.717) is 16.6 Å². The van der Waals surface area contributed by atoms with Crippen molar-refractivity contribution in [2.24, 2.45) is 0 Å². The van der Waals surface area contributed by atoms with Crippen LogP contribution >= 0.6 is 15.9 Å². The van der Waals surface area contributed by atoms with Crippen LogP contribution in [0.15, 0.2) is 53.1 Å². The maximum atomic E-state index is 4.23. The summed E-state index contributed by atoms with van der Waals surface area (Å²) in [4.78, 5) is 0. The van der Waals surface area contributed by atoms with Crippen LogP contribution in [0.3, 0.4) is 0 Å². The smallest absolute Gasteiger partial charge is 0.170 e. The maximum Gasteiger partial charge on any atom is 0.170 e. The van der Waals surface area contributed by atoms with Crippen molar-refractivity contribution in [3.63, 3.8) is 0 Å². The molecule has 3 rings (SSSR count). The zero-order valence-corrected chi connectivity index (χ0v) is 23.8. The number of aromatic nitrogens is 1. The molecule has 0 aliphatic carbocycles. The molecule has 0 aliphatic heterocycles. The van der Waals surface area contributed by atoms with Gasteiger partial charge in [-0.25, -0.2) is 0 Å². The number of fused-ring (bicyclic) bond motifs is 1. The lowest BCUT2D eigenvalue weighted by Gasteiger charge is -2.45. The lowest BCUT2D eigenvalue weighted by atomic mass is 10.2. The van der Waals surface area contributed by atoms with Crippen molar-refractivity contribution >= 4 is 53.5 Å². The van der Waals surface area contributed by atoms with Gasteiger partial charge in [0, 0.05) is 5.52 Å². The normalized spacial score (nSPS) is 13.2. The zero-order chi connectivity index (χ0) is 22.4. The molecule has 1 nitrogen and oxygen atoms in total. The van der Waals surface area contributed by atoms with Gasteiger partial charge in [0.05, 0.1) is 4.60 Å². The Balaban J connectivity index is 2.49. The predicted octanol–water partition coefficient (Wildman–Crippen LogP) is 7.56. The fraction of sp³-hybridized carbons (Fsp3) is 0.462. The first-order valence-corrected chi connectivity index (χ1v) is 17.3. The van der Waals surface area contributed by atoms with E-state index in [1.807, 2.05) is 0 Å². The van der Waals surface area contributed by atoms with Gasteiger partial charge in [0.25, 0.3) is 0 Å². The highest BCUT2D eigenvalue weighted by molar-refractivity contribution is 9.10. The Bertz CT molecular complexity index is 1010. The van der Waals surface area contributed by atoms with Crippen LogP contribution in [0.25, 0.3) is 10.9 Å². The van der Waals surface area contributed by atoms with Crippen molar-refractivity contribution < 1.29 is 0 Å². The third-order valence-corrected chi connectivity index (χ3v) is 19.1. The summed E-state index contributed by atoms with van der Waals surface area (Å²) in [7, 11) is -3.79. The molecule has 0 amide bonds. The van der Waals surface area contributed by atoms with Crippen molar-refractivity contribution in [1.29, 1.82) is 0 Å². The van der Waals surface area contributed by atoms with Crippen LogP contribution in [0.1, 0.15) is 47.1 Å². The predicted molar refractivity (Wildman–Crippen MR) is 144 cm³/mol. The first-order chi connectivity index (χ1) is 14.0. The van der Waals surface area contributed by atoms with Gasteiger partial charge in [-0.05, 0) is 62.2 Å². The topological polar surface area (TPSA) is 4.93 Å². The summed E-state index contributed by atoms with van der Waals surface area (Å²) in [6, 6.07) is 18.3. The molecule has 162 valence electrons. The van der Waals surface area contributed by atoms with E-state index >= 15 is 0 Å². The summed E-state index contributed by atoms with van der Waals surface area (Å²) >= 11 is 4.23. The molecule has 0 bridgehead atoms. The van der Waals surface area contributed by atoms with Gasteiger partial charge in [-0.2, -0.15) is 0 Å². The highest BCUT2D eigenvalue weighted by atomic mass is 79.9. The van der Waals surface area contributed by atoms with Gasteiger partial charge in [0.2, 0.25) is 0 Å². The summed E-state index contributed by atoms with van der Waals surface area (Å²) in [6.45, 7) is 22.0. The molecule has 0 fully saturated rings. The van der Waals surface area contributed by atoms with Gasteiger partial charge in [-0.1, -0.05) is 102 Å². The van der Waals surface area contributed by atoms with Crippen LogP contribution in [0.4, 0.5) is 0 Å². The minimum absolute atomic E-state index is 0.653. The van der Waals surface area contributed by atoms with Crippen LogP contribution in [0.5, 0.6) is 0 Å². The SMILES string of the molecule is Cc1ccc2c(c1)c([Si](C)(C)c1ccccc1)c(Br)n2[Si](C(C)C)(C(C)C)C(C)C. The Morgan fingerprint density at radius 3 is 1.83 bits per heavy atom.